The Morgan fingerprint density at radius 1 is 1.07 bits per heavy atom. The van der Waals surface area contributed by atoms with Crippen molar-refractivity contribution in [3.05, 3.63) is 29.8 Å². The van der Waals surface area contributed by atoms with E-state index in [9.17, 15) is 0 Å². The van der Waals surface area contributed by atoms with Crippen LogP contribution in [0.1, 0.15) is 33.3 Å². The molecule has 0 amide bonds. The summed E-state index contributed by atoms with van der Waals surface area (Å²) >= 11 is 0. The number of fused-ring (bicyclic) bond motifs is 4. The lowest BCUT2D eigenvalue weighted by atomic mass is 9.96. The lowest BCUT2D eigenvalue weighted by Crippen LogP contribution is -2.44. The van der Waals surface area contributed by atoms with Crippen LogP contribution in [0.4, 0.5) is 0 Å². The maximum Gasteiger partial charge on any atom is 0.411 e. The van der Waals surface area contributed by atoms with Gasteiger partial charge in [-0.25, -0.2) is 0 Å². The number of methoxy groups -OCH3 is 1. The molecule has 3 heterocycles. The molecule has 1 aromatic carbocycles. The smallest absolute Gasteiger partial charge is 0.411 e. The summed E-state index contributed by atoms with van der Waals surface area (Å²) in [5, 5.41) is 0. The summed E-state index contributed by atoms with van der Waals surface area (Å²) in [6.07, 6.45) is 0.914. The van der Waals surface area contributed by atoms with E-state index in [0.717, 1.165) is 48.3 Å². The van der Waals surface area contributed by atoms with Crippen molar-refractivity contribution in [3.63, 3.8) is 0 Å². The number of benzene rings is 1. The van der Waals surface area contributed by atoms with Gasteiger partial charge in [0, 0.05) is 31.1 Å². The van der Waals surface area contributed by atoms with Gasteiger partial charge in [0.2, 0.25) is 18.2 Å². The Hall–Kier alpha value is -2.47. The zero-order chi connectivity index (χ0) is 20.5. The largest absolute Gasteiger partial charge is 0.488 e. The minimum absolute atomic E-state index is 0.289. The molecular weight excluding hydrogens is 368 g/mol. The van der Waals surface area contributed by atoms with Gasteiger partial charge in [-0.05, 0) is 51.5 Å². The molecule has 2 aromatic rings. The Morgan fingerprint density at radius 3 is 2.48 bits per heavy atom. The third-order valence-corrected chi connectivity index (χ3v) is 5.75. The van der Waals surface area contributed by atoms with Gasteiger partial charge in [-0.1, -0.05) is 0 Å². The summed E-state index contributed by atoms with van der Waals surface area (Å²) < 4.78 is 25.3. The third-order valence-electron chi connectivity index (χ3n) is 5.75. The first-order valence-corrected chi connectivity index (χ1v) is 10.4. The van der Waals surface area contributed by atoms with Gasteiger partial charge in [0.15, 0.2) is 18.0 Å². The SMILES string of the molecule is COc1ccc2[n+](c1OCCN(C(C)C)C(C)C)CCc1cc3c(cc1-2)OCO3. The van der Waals surface area contributed by atoms with Gasteiger partial charge in [0.05, 0.1) is 12.7 Å². The molecule has 0 saturated carbocycles. The molecule has 6 heteroatoms. The van der Waals surface area contributed by atoms with Crippen LogP contribution in [-0.4, -0.2) is 44.0 Å². The van der Waals surface area contributed by atoms with E-state index in [2.05, 4.69) is 55.4 Å². The molecule has 0 saturated heterocycles. The van der Waals surface area contributed by atoms with Crippen LogP contribution in [0.3, 0.4) is 0 Å². The van der Waals surface area contributed by atoms with E-state index in [1.165, 1.54) is 11.1 Å². The van der Waals surface area contributed by atoms with Crippen molar-refractivity contribution in [2.45, 2.75) is 52.7 Å². The standard InChI is InChI=1S/C23H31N2O4/c1-15(2)24(16(3)4)10-11-27-23-20(26-5)7-6-19-18-13-22-21(28-14-29-22)12-17(18)8-9-25(19)23/h6-7,12-13,15-16H,8-11,14H2,1-5H3/q+1. The molecule has 0 bridgehead atoms. The van der Waals surface area contributed by atoms with Gasteiger partial charge < -0.3 is 18.9 Å². The number of ether oxygens (including phenoxy) is 4. The summed E-state index contributed by atoms with van der Waals surface area (Å²) in [6.45, 7) is 11.5. The van der Waals surface area contributed by atoms with E-state index in [1.54, 1.807) is 7.11 Å². The fourth-order valence-electron chi connectivity index (χ4n) is 4.34. The first-order chi connectivity index (χ1) is 14.0. The Balaban J connectivity index is 1.63. The predicted molar refractivity (Wildman–Crippen MR) is 111 cm³/mol. The second-order valence-electron chi connectivity index (χ2n) is 8.13. The van der Waals surface area contributed by atoms with Crippen LogP contribution < -0.4 is 23.5 Å². The first kappa shape index (κ1) is 19.8. The van der Waals surface area contributed by atoms with E-state index in [4.69, 9.17) is 18.9 Å². The predicted octanol–water partition coefficient (Wildman–Crippen LogP) is 3.43. The molecule has 0 radical (unpaired) electrons. The second kappa shape index (κ2) is 8.11. The quantitative estimate of drug-likeness (QED) is 0.668. The van der Waals surface area contributed by atoms with Crippen LogP contribution in [0, 0.1) is 0 Å². The molecule has 29 heavy (non-hydrogen) atoms. The minimum atomic E-state index is 0.289. The number of aryl methyl sites for hydroxylation is 1. The van der Waals surface area contributed by atoms with Crippen LogP contribution in [0.25, 0.3) is 11.3 Å². The highest BCUT2D eigenvalue weighted by molar-refractivity contribution is 5.68. The van der Waals surface area contributed by atoms with E-state index < -0.39 is 0 Å². The fourth-order valence-corrected chi connectivity index (χ4v) is 4.34. The molecule has 0 N–H and O–H groups in total. The van der Waals surface area contributed by atoms with E-state index in [0.29, 0.717) is 18.7 Å². The topological polar surface area (TPSA) is 44.0 Å². The molecule has 0 unspecified atom stereocenters. The van der Waals surface area contributed by atoms with Crippen molar-refractivity contribution in [2.75, 3.05) is 27.1 Å². The Kier molecular flexibility index (Phi) is 5.54. The summed E-state index contributed by atoms with van der Waals surface area (Å²) in [7, 11) is 1.69. The second-order valence-corrected chi connectivity index (χ2v) is 8.13. The maximum absolute atomic E-state index is 6.31. The average Bonchev–Trinajstić information content (AvgIpc) is 3.15. The lowest BCUT2D eigenvalue weighted by Gasteiger charge is -2.30. The van der Waals surface area contributed by atoms with Crippen molar-refractivity contribution in [1.29, 1.82) is 0 Å². The summed E-state index contributed by atoms with van der Waals surface area (Å²) in [5.74, 6) is 3.20. The molecule has 0 spiro atoms. The van der Waals surface area contributed by atoms with Gasteiger partial charge >= 0.3 is 5.88 Å². The molecule has 1 aromatic heterocycles. The number of hydrogen-bond donors (Lipinski definition) is 0. The van der Waals surface area contributed by atoms with Gasteiger partial charge in [0.1, 0.15) is 6.61 Å². The molecule has 2 aliphatic heterocycles. The van der Waals surface area contributed by atoms with E-state index in [-0.39, 0.29) is 6.79 Å². The van der Waals surface area contributed by atoms with Crippen LogP contribution >= 0.6 is 0 Å². The number of aromatic nitrogens is 1. The average molecular weight is 400 g/mol. The molecular formula is C23H31N2O4+. The van der Waals surface area contributed by atoms with E-state index >= 15 is 0 Å². The number of rotatable bonds is 7. The van der Waals surface area contributed by atoms with Crippen LogP contribution in [0.5, 0.6) is 23.1 Å². The highest BCUT2D eigenvalue weighted by atomic mass is 16.7. The molecule has 0 aliphatic carbocycles. The van der Waals surface area contributed by atoms with Crippen LogP contribution in [0.15, 0.2) is 24.3 Å². The molecule has 6 nitrogen and oxygen atoms in total. The monoisotopic (exact) mass is 399 g/mol. The fraction of sp³-hybridized carbons (Fsp3) is 0.522. The Labute approximate surface area is 172 Å². The van der Waals surface area contributed by atoms with Crippen LogP contribution in [-0.2, 0) is 13.0 Å². The van der Waals surface area contributed by atoms with Crippen molar-refractivity contribution in [2.24, 2.45) is 0 Å². The van der Waals surface area contributed by atoms with Crippen LogP contribution in [0.2, 0.25) is 0 Å². The van der Waals surface area contributed by atoms with Crippen molar-refractivity contribution in [1.82, 2.24) is 4.90 Å². The molecule has 0 fully saturated rings. The Morgan fingerprint density at radius 2 is 1.79 bits per heavy atom. The number of hydrogen-bond acceptors (Lipinski definition) is 5. The normalized spacial score (nSPS) is 14.3. The number of pyridine rings is 1. The highest BCUT2D eigenvalue weighted by Gasteiger charge is 2.32. The van der Waals surface area contributed by atoms with Gasteiger partial charge in [-0.2, -0.15) is 4.57 Å². The summed E-state index contributed by atoms with van der Waals surface area (Å²) in [4.78, 5) is 2.43. The molecule has 156 valence electrons. The molecule has 0 atom stereocenters. The zero-order valence-electron chi connectivity index (χ0n) is 18.0. The van der Waals surface area contributed by atoms with Crippen molar-refractivity contribution < 1.29 is 23.5 Å². The minimum Gasteiger partial charge on any atom is -0.488 e. The first-order valence-electron chi connectivity index (χ1n) is 10.4. The summed E-state index contributed by atoms with van der Waals surface area (Å²) in [5.41, 5.74) is 3.56. The van der Waals surface area contributed by atoms with Gasteiger partial charge in [-0.15, -0.1) is 0 Å². The third kappa shape index (κ3) is 3.73. The summed E-state index contributed by atoms with van der Waals surface area (Å²) in [6, 6.07) is 9.24. The van der Waals surface area contributed by atoms with Gasteiger partial charge in [-0.3, -0.25) is 4.90 Å². The van der Waals surface area contributed by atoms with Crippen molar-refractivity contribution >= 4 is 0 Å². The molecule has 4 rings (SSSR count). The van der Waals surface area contributed by atoms with Crippen molar-refractivity contribution in [3.8, 4) is 34.4 Å². The zero-order valence-corrected chi connectivity index (χ0v) is 18.0. The highest BCUT2D eigenvalue weighted by Crippen LogP contribution is 2.40. The number of nitrogens with zero attached hydrogens (tertiary/aromatic N) is 2. The lowest BCUT2D eigenvalue weighted by molar-refractivity contribution is -0.693. The van der Waals surface area contributed by atoms with Gasteiger partial charge in [0.25, 0.3) is 0 Å². The molecule has 2 aliphatic rings. The van der Waals surface area contributed by atoms with E-state index in [1.807, 2.05) is 6.07 Å². The Bertz CT molecular complexity index is 887. The maximum atomic E-state index is 6.31.